The summed E-state index contributed by atoms with van der Waals surface area (Å²) in [5.74, 6) is 0.860. The van der Waals surface area contributed by atoms with Gasteiger partial charge < -0.3 is 5.32 Å². The average molecular weight is 271 g/mol. The number of hydrogen-bond donors (Lipinski definition) is 1. The Hall–Kier alpha value is -1.75. The summed E-state index contributed by atoms with van der Waals surface area (Å²) in [6.07, 6.45) is 3.82. The Morgan fingerprint density at radius 1 is 1.30 bits per heavy atom. The van der Waals surface area contributed by atoms with E-state index in [1.807, 2.05) is 30.3 Å². The topological polar surface area (TPSA) is 55.6 Å². The van der Waals surface area contributed by atoms with Gasteiger partial charge in [0, 0.05) is 6.04 Å². The molecule has 1 N–H and O–H groups in total. The molecule has 3 rings (SSSR count). The van der Waals surface area contributed by atoms with E-state index in [2.05, 4.69) is 34.7 Å². The maximum Gasteiger partial charge on any atom is 0.170 e. The minimum atomic E-state index is 0.366. The van der Waals surface area contributed by atoms with Gasteiger partial charge in [-0.15, -0.1) is 5.10 Å². The minimum Gasteiger partial charge on any atom is -0.306 e. The maximum absolute atomic E-state index is 4.14. The van der Waals surface area contributed by atoms with E-state index in [4.69, 9.17) is 0 Å². The zero-order valence-electron chi connectivity index (χ0n) is 12.1. The predicted octanol–water partition coefficient (Wildman–Crippen LogP) is 2.33. The largest absolute Gasteiger partial charge is 0.306 e. The molecule has 20 heavy (non-hydrogen) atoms. The molecule has 1 aromatic heterocycles. The quantitative estimate of drug-likeness (QED) is 0.927. The van der Waals surface area contributed by atoms with Crippen LogP contribution in [0.15, 0.2) is 30.3 Å². The third-order valence-corrected chi connectivity index (χ3v) is 4.30. The van der Waals surface area contributed by atoms with Crippen LogP contribution in [-0.2, 0) is 6.54 Å². The molecule has 0 radical (unpaired) electrons. The molecular formula is C15H21N5. The maximum atomic E-state index is 4.14. The summed E-state index contributed by atoms with van der Waals surface area (Å²) in [4.78, 5) is 0. The third-order valence-electron chi connectivity index (χ3n) is 4.30. The number of nitrogens with zero attached hydrogens (tertiary/aromatic N) is 4. The molecule has 1 aromatic carbocycles. The van der Waals surface area contributed by atoms with Crippen LogP contribution in [0, 0.1) is 5.41 Å². The summed E-state index contributed by atoms with van der Waals surface area (Å²) < 4.78 is 1.80. The van der Waals surface area contributed by atoms with Crippen molar-refractivity contribution in [1.82, 2.24) is 25.5 Å². The first-order valence-electron chi connectivity index (χ1n) is 7.23. The van der Waals surface area contributed by atoms with Gasteiger partial charge in [-0.05, 0) is 40.8 Å². The highest BCUT2D eigenvalue weighted by atomic mass is 15.5. The Morgan fingerprint density at radius 3 is 2.80 bits per heavy atom. The Balaban J connectivity index is 1.72. The van der Waals surface area contributed by atoms with E-state index in [1.165, 1.54) is 19.3 Å². The first kappa shape index (κ1) is 13.2. The molecule has 2 aromatic rings. The van der Waals surface area contributed by atoms with Crippen LogP contribution in [0.25, 0.3) is 5.69 Å². The standard InChI is InChI=1S/C15H21N5/c1-15(2)10-6-9-13(15)16-11-14-17-18-19-20(14)12-7-4-3-5-8-12/h3-5,7-8,13,16H,6,9-11H2,1-2H3. The summed E-state index contributed by atoms with van der Waals surface area (Å²) >= 11 is 0. The van der Waals surface area contributed by atoms with Crippen LogP contribution in [-0.4, -0.2) is 26.2 Å². The van der Waals surface area contributed by atoms with Crippen LogP contribution in [0.4, 0.5) is 0 Å². The normalized spacial score (nSPS) is 21.2. The molecule has 5 nitrogen and oxygen atoms in total. The van der Waals surface area contributed by atoms with Crippen molar-refractivity contribution < 1.29 is 0 Å². The number of hydrogen-bond acceptors (Lipinski definition) is 4. The van der Waals surface area contributed by atoms with Crippen molar-refractivity contribution in [3.63, 3.8) is 0 Å². The number of rotatable bonds is 4. The van der Waals surface area contributed by atoms with Gasteiger partial charge in [0.15, 0.2) is 5.82 Å². The summed E-state index contributed by atoms with van der Waals surface area (Å²) in [5, 5.41) is 15.6. The van der Waals surface area contributed by atoms with Gasteiger partial charge >= 0.3 is 0 Å². The fraction of sp³-hybridized carbons (Fsp3) is 0.533. The molecule has 1 atom stereocenters. The van der Waals surface area contributed by atoms with Crippen LogP contribution in [0.3, 0.4) is 0 Å². The summed E-state index contributed by atoms with van der Waals surface area (Å²) in [6.45, 7) is 5.37. The monoisotopic (exact) mass is 271 g/mol. The fourth-order valence-electron chi connectivity index (χ4n) is 3.01. The van der Waals surface area contributed by atoms with Crippen LogP contribution >= 0.6 is 0 Å². The lowest BCUT2D eigenvalue weighted by Gasteiger charge is -2.27. The Bertz CT molecular complexity index is 561. The zero-order chi connectivity index (χ0) is 14.0. The lowest BCUT2D eigenvalue weighted by Crippen LogP contribution is -2.37. The highest BCUT2D eigenvalue weighted by Crippen LogP contribution is 2.37. The van der Waals surface area contributed by atoms with Gasteiger partial charge in [-0.1, -0.05) is 38.5 Å². The van der Waals surface area contributed by atoms with Gasteiger partial charge in [0.1, 0.15) is 0 Å². The lowest BCUT2D eigenvalue weighted by atomic mass is 9.87. The van der Waals surface area contributed by atoms with Crippen molar-refractivity contribution in [3.05, 3.63) is 36.2 Å². The molecule has 1 fully saturated rings. The highest BCUT2D eigenvalue weighted by molar-refractivity contribution is 5.30. The zero-order valence-corrected chi connectivity index (χ0v) is 12.1. The number of tetrazole rings is 1. The van der Waals surface area contributed by atoms with E-state index in [0.29, 0.717) is 18.0 Å². The van der Waals surface area contributed by atoms with Crippen LogP contribution < -0.4 is 5.32 Å². The molecule has 0 amide bonds. The first-order chi connectivity index (χ1) is 9.67. The van der Waals surface area contributed by atoms with E-state index in [-0.39, 0.29) is 0 Å². The molecule has 0 saturated heterocycles. The van der Waals surface area contributed by atoms with E-state index in [9.17, 15) is 0 Å². The molecule has 0 aliphatic heterocycles. The number of benzene rings is 1. The molecule has 1 heterocycles. The van der Waals surface area contributed by atoms with Crippen molar-refractivity contribution in [1.29, 1.82) is 0 Å². The van der Waals surface area contributed by atoms with Crippen LogP contribution in [0.1, 0.15) is 38.9 Å². The molecule has 1 aliphatic carbocycles. The Morgan fingerprint density at radius 2 is 2.10 bits per heavy atom. The minimum absolute atomic E-state index is 0.366. The van der Waals surface area contributed by atoms with Crippen molar-refractivity contribution >= 4 is 0 Å². The molecule has 106 valence electrons. The van der Waals surface area contributed by atoms with E-state index in [1.54, 1.807) is 4.68 Å². The van der Waals surface area contributed by atoms with E-state index >= 15 is 0 Å². The van der Waals surface area contributed by atoms with Gasteiger partial charge in [-0.25, -0.2) is 0 Å². The molecule has 0 bridgehead atoms. The second kappa shape index (κ2) is 5.32. The van der Waals surface area contributed by atoms with Gasteiger partial charge in [0.25, 0.3) is 0 Å². The van der Waals surface area contributed by atoms with Crippen LogP contribution in [0.5, 0.6) is 0 Å². The average Bonchev–Trinajstić information content (AvgIpc) is 3.03. The highest BCUT2D eigenvalue weighted by Gasteiger charge is 2.34. The Labute approximate surface area is 119 Å². The SMILES string of the molecule is CC1(C)CCCC1NCc1nnnn1-c1ccccc1. The smallest absolute Gasteiger partial charge is 0.170 e. The first-order valence-corrected chi connectivity index (χ1v) is 7.23. The molecule has 1 saturated carbocycles. The molecule has 1 aliphatic rings. The number of aromatic nitrogens is 4. The predicted molar refractivity (Wildman–Crippen MR) is 77.4 cm³/mol. The van der Waals surface area contributed by atoms with Crippen molar-refractivity contribution in [2.45, 2.75) is 45.7 Å². The second-order valence-corrected chi connectivity index (χ2v) is 6.16. The Kier molecular flexibility index (Phi) is 3.53. The van der Waals surface area contributed by atoms with Gasteiger partial charge in [0.2, 0.25) is 0 Å². The molecular weight excluding hydrogens is 250 g/mol. The van der Waals surface area contributed by atoms with E-state index in [0.717, 1.165) is 11.5 Å². The van der Waals surface area contributed by atoms with Crippen molar-refractivity contribution in [2.75, 3.05) is 0 Å². The second-order valence-electron chi connectivity index (χ2n) is 6.16. The summed E-state index contributed by atoms with van der Waals surface area (Å²) in [5.41, 5.74) is 1.37. The van der Waals surface area contributed by atoms with Crippen LogP contribution in [0.2, 0.25) is 0 Å². The molecule has 5 heteroatoms. The third kappa shape index (κ3) is 2.58. The van der Waals surface area contributed by atoms with Gasteiger partial charge in [-0.2, -0.15) is 4.68 Å². The number of nitrogens with one attached hydrogen (secondary N) is 1. The van der Waals surface area contributed by atoms with E-state index < -0.39 is 0 Å². The number of para-hydroxylation sites is 1. The molecule has 0 spiro atoms. The van der Waals surface area contributed by atoms with Gasteiger partial charge in [0.05, 0.1) is 12.2 Å². The van der Waals surface area contributed by atoms with Crippen molar-refractivity contribution in [2.24, 2.45) is 5.41 Å². The fourth-order valence-corrected chi connectivity index (χ4v) is 3.01. The van der Waals surface area contributed by atoms with Gasteiger partial charge in [-0.3, -0.25) is 0 Å². The summed E-state index contributed by atoms with van der Waals surface area (Å²) in [6, 6.07) is 10.6. The van der Waals surface area contributed by atoms with Crippen molar-refractivity contribution in [3.8, 4) is 5.69 Å². The molecule has 1 unspecified atom stereocenters. The summed E-state index contributed by atoms with van der Waals surface area (Å²) in [7, 11) is 0. The lowest BCUT2D eigenvalue weighted by molar-refractivity contribution is 0.280.